The Bertz CT molecular complexity index is 957. The van der Waals surface area contributed by atoms with Crippen LogP contribution in [0.2, 0.25) is 0 Å². The molecule has 1 aliphatic carbocycles. The first-order valence-electron chi connectivity index (χ1n) is 10.4. The van der Waals surface area contributed by atoms with Crippen molar-refractivity contribution in [2.45, 2.75) is 38.1 Å². The molecule has 5 nitrogen and oxygen atoms in total. The second-order valence-electron chi connectivity index (χ2n) is 7.78. The van der Waals surface area contributed by atoms with Gasteiger partial charge >= 0.3 is 5.91 Å². The molecular weight excluding hydrogens is 378 g/mol. The monoisotopic (exact) mass is 403 g/mol. The lowest BCUT2D eigenvalue weighted by molar-refractivity contribution is -0.124. The summed E-state index contributed by atoms with van der Waals surface area (Å²) in [4.78, 5) is 27.8. The molecule has 30 heavy (non-hydrogen) atoms. The van der Waals surface area contributed by atoms with Gasteiger partial charge in [0.05, 0.1) is 0 Å². The van der Waals surface area contributed by atoms with Crippen LogP contribution < -0.4 is 14.4 Å². The van der Waals surface area contributed by atoms with Crippen molar-refractivity contribution in [1.29, 1.82) is 0 Å². The lowest BCUT2D eigenvalue weighted by Crippen LogP contribution is -2.39. The Morgan fingerprint density at radius 3 is 2.43 bits per heavy atom. The van der Waals surface area contributed by atoms with Crippen LogP contribution >= 0.6 is 0 Å². The number of hydrogen-bond acceptors (Lipinski definition) is 4. The molecule has 4 rings (SSSR count). The first kappa shape index (κ1) is 20.0. The molecule has 1 aliphatic heterocycles. The number of benzene rings is 2. The van der Waals surface area contributed by atoms with Crippen LogP contribution in [0.3, 0.4) is 0 Å². The number of anilines is 1. The van der Waals surface area contributed by atoms with Crippen molar-refractivity contribution in [2.75, 3.05) is 18.1 Å². The summed E-state index contributed by atoms with van der Waals surface area (Å²) in [6.45, 7) is 0.911. The van der Waals surface area contributed by atoms with Crippen molar-refractivity contribution in [1.82, 2.24) is 0 Å². The Hall–Kier alpha value is -3.26. The first-order valence-corrected chi connectivity index (χ1v) is 10.4. The van der Waals surface area contributed by atoms with Crippen LogP contribution in [0.1, 0.15) is 43.7 Å². The van der Waals surface area contributed by atoms with E-state index in [1.807, 2.05) is 30.3 Å². The number of carbonyl (C=O) groups excluding carboxylic acids is 2. The Balaban J connectivity index is 1.75. The van der Waals surface area contributed by atoms with Gasteiger partial charge in [-0.3, -0.25) is 14.5 Å². The van der Waals surface area contributed by atoms with Crippen LogP contribution in [-0.2, 0) is 9.59 Å². The minimum Gasteiger partial charge on any atom is -0.486 e. The van der Waals surface area contributed by atoms with E-state index in [0.717, 1.165) is 31.2 Å². The number of terminal acetylenes is 1. The Morgan fingerprint density at radius 2 is 1.73 bits per heavy atom. The van der Waals surface area contributed by atoms with Crippen LogP contribution in [-0.4, -0.2) is 24.9 Å². The lowest BCUT2D eigenvalue weighted by Gasteiger charge is -2.31. The zero-order valence-corrected chi connectivity index (χ0v) is 16.9. The molecule has 2 aromatic rings. The summed E-state index contributed by atoms with van der Waals surface area (Å²) in [6, 6.07) is 13.8. The summed E-state index contributed by atoms with van der Waals surface area (Å²) in [7, 11) is 0. The van der Waals surface area contributed by atoms with Gasteiger partial charge in [-0.15, -0.1) is 6.42 Å². The average molecular weight is 403 g/mol. The number of nitrogens with zero attached hydrogens (tertiary/aromatic N) is 1. The van der Waals surface area contributed by atoms with Crippen molar-refractivity contribution >= 4 is 17.4 Å². The number of fused-ring (bicyclic) bond motifs is 1. The molecule has 5 heteroatoms. The molecule has 0 radical (unpaired) electrons. The van der Waals surface area contributed by atoms with Crippen molar-refractivity contribution in [3.63, 3.8) is 0 Å². The number of rotatable bonds is 6. The van der Waals surface area contributed by atoms with Crippen molar-refractivity contribution in [3.05, 3.63) is 54.1 Å². The normalized spacial score (nSPS) is 16.5. The minimum absolute atomic E-state index is 0.00610. The van der Waals surface area contributed by atoms with Crippen LogP contribution in [0.25, 0.3) is 0 Å². The summed E-state index contributed by atoms with van der Waals surface area (Å²) in [5.74, 6) is 3.19. The van der Waals surface area contributed by atoms with Crippen LogP contribution in [0.5, 0.6) is 11.5 Å². The molecule has 1 heterocycles. The number of Topliss-reactive ketones (excluding diaryl/α,β-unsaturated/α-hetero) is 1. The van der Waals surface area contributed by atoms with Gasteiger partial charge in [0.15, 0.2) is 17.3 Å². The predicted molar refractivity (Wildman–Crippen MR) is 115 cm³/mol. The molecule has 0 saturated heterocycles. The fraction of sp³-hybridized carbons (Fsp3) is 0.360. The van der Waals surface area contributed by atoms with E-state index in [9.17, 15) is 9.59 Å². The van der Waals surface area contributed by atoms with Gasteiger partial charge in [-0.05, 0) is 29.5 Å². The van der Waals surface area contributed by atoms with E-state index in [4.69, 9.17) is 15.9 Å². The van der Waals surface area contributed by atoms with Crippen molar-refractivity contribution < 1.29 is 19.1 Å². The first-order chi connectivity index (χ1) is 14.7. The highest BCUT2D eigenvalue weighted by Crippen LogP contribution is 2.38. The Labute approximate surface area is 177 Å². The smallest absolute Gasteiger partial charge is 0.303 e. The minimum atomic E-state index is -0.780. The summed E-state index contributed by atoms with van der Waals surface area (Å²) < 4.78 is 11.3. The maximum atomic E-state index is 13.5. The standard InChI is InChI=1S/C25H25NO4/c1-2-24(28)26(20-12-13-22-23(17-20)30-15-14-29-22)25(19-10-4-3-5-11-19)21(27)16-18-8-6-7-9-18/h1,3-5,10-13,17-18,25H,6-9,14-16H2. The number of hydrogen-bond donors (Lipinski definition) is 0. The molecular formula is C25H25NO4. The van der Waals surface area contributed by atoms with Gasteiger partial charge in [0.2, 0.25) is 0 Å². The third-order valence-corrected chi connectivity index (χ3v) is 5.79. The van der Waals surface area contributed by atoms with Crippen LogP contribution in [0.15, 0.2) is 48.5 Å². The maximum Gasteiger partial charge on any atom is 0.303 e. The summed E-state index contributed by atoms with van der Waals surface area (Å²) in [6.07, 6.45) is 10.4. The van der Waals surface area contributed by atoms with E-state index >= 15 is 0 Å². The molecule has 2 aliphatic rings. The highest BCUT2D eigenvalue weighted by molar-refractivity contribution is 6.10. The highest BCUT2D eigenvalue weighted by atomic mass is 16.6. The van der Waals surface area contributed by atoms with E-state index in [1.165, 1.54) is 4.90 Å². The topological polar surface area (TPSA) is 55.8 Å². The molecule has 0 aromatic heterocycles. The molecule has 154 valence electrons. The second-order valence-corrected chi connectivity index (χ2v) is 7.78. The molecule has 1 saturated carbocycles. The Kier molecular flexibility index (Phi) is 6.04. The van der Waals surface area contributed by atoms with E-state index < -0.39 is 11.9 Å². The summed E-state index contributed by atoms with van der Waals surface area (Å²) in [5, 5.41) is 0. The largest absolute Gasteiger partial charge is 0.486 e. The zero-order chi connectivity index (χ0) is 20.9. The third-order valence-electron chi connectivity index (χ3n) is 5.79. The fourth-order valence-corrected chi connectivity index (χ4v) is 4.36. The number of ketones is 1. The predicted octanol–water partition coefficient (Wildman–Crippen LogP) is 4.31. The fourth-order valence-electron chi connectivity index (χ4n) is 4.36. The molecule has 1 amide bonds. The van der Waals surface area contributed by atoms with Crippen molar-refractivity contribution in [2.24, 2.45) is 5.92 Å². The summed E-state index contributed by atoms with van der Waals surface area (Å²) >= 11 is 0. The molecule has 0 bridgehead atoms. The summed E-state index contributed by atoms with van der Waals surface area (Å²) in [5.41, 5.74) is 1.27. The van der Waals surface area contributed by atoms with Gasteiger partial charge < -0.3 is 9.47 Å². The van der Waals surface area contributed by atoms with E-state index in [-0.39, 0.29) is 5.78 Å². The Morgan fingerprint density at radius 1 is 1.03 bits per heavy atom. The number of carbonyl (C=O) groups is 2. The lowest BCUT2D eigenvalue weighted by atomic mass is 9.92. The molecule has 0 spiro atoms. The number of amides is 1. The van der Waals surface area contributed by atoms with Gasteiger partial charge in [-0.2, -0.15) is 0 Å². The second kappa shape index (κ2) is 9.04. The van der Waals surface area contributed by atoms with Crippen LogP contribution in [0, 0.1) is 18.3 Å². The zero-order valence-electron chi connectivity index (χ0n) is 16.9. The van der Waals surface area contributed by atoms with E-state index in [0.29, 0.717) is 42.7 Å². The van der Waals surface area contributed by atoms with Gasteiger partial charge in [-0.25, -0.2) is 0 Å². The van der Waals surface area contributed by atoms with Gasteiger partial charge in [0.25, 0.3) is 0 Å². The maximum absolute atomic E-state index is 13.5. The molecule has 2 aromatic carbocycles. The van der Waals surface area contributed by atoms with Gasteiger partial charge in [0.1, 0.15) is 19.3 Å². The molecule has 1 unspecified atom stereocenters. The molecule has 0 N–H and O–H groups in total. The third kappa shape index (κ3) is 4.18. The SMILES string of the molecule is C#CC(=O)N(c1ccc2c(c1)OCCO2)C(C(=O)CC1CCCC1)c1ccccc1. The van der Waals surface area contributed by atoms with Gasteiger partial charge in [0, 0.05) is 18.2 Å². The quantitative estimate of drug-likeness (QED) is 0.675. The van der Waals surface area contributed by atoms with Gasteiger partial charge in [-0.1, -0.05) is 56.0 Å². The van der Waals surface area contributed by atoms with Crippen molar-refractivity contribution in [3.8, 4) is 23.8 Å². The average Bonchev–Trinajstić information content (AvgIpc) is 3.30. The van der Waals surface area contributed by atoms with E-state index in [1.54, 1.807) is 18.2 Å². The van der Waals surface area contributed by atoms with E-state index in [2.05, 4.69) is 5.92 Å². The molecule has 1 fully saturated rings. The van der Waals surface area contributed by atoms with Crippen LogP contribution in [0.4, 0.5) is 5.69 Å². The highest BCUT2D eigenvalue weighted by Gasteiger charge is 2.34. The molecule has 1 atom stereocenters. The number of ether oxygens (including phenoxy) is 2.